The number of pyridine rings is 2. The van der Waals surface area contributed by atoms with E-state index in [0.29, 0.717) is 16.8 Å². The minimum atomic E-state index is 0.420. The molecule has 5 nitrogen and oxygen atoms in total. The van der Waals surface area contributed by atoms with Gasteiger partial charge in [-0.25, -0.2) is 9.97 Å². The monoisotopic (exact) mass is 271 g/mol. The van der Waals surface area contributed by atoms with Crippen molar-refractivity contribution in [3.8, 4) is 22.8 Å². The van der Waals surface area contributed by atoms with E-state index in [9.17, 15) is 0 Å². The number of hydrogen-bond donors (Lipinski definition) is 1. The fourth-order valence-electron chi connectivity index (χ4n) is 1.75. The minimum Gasteiger partial charge on any atom is -0.262 e. The van der Waals surface area contributed by atoms with Crippen LogP contribution in [0.15, 0.2) is 36.7 Å². The fourth-order valence-corrected chi connectivity index (χ4v) is 1.93. The molecule has 1 N–H and O–H groups in total. The lowest BCUT2D eigenvalue weighted by Gasteiger charge is -1.96. The van der Waals surface area contributed by atoms with Gasteiger partial charge in [0, 0.05) is 29.2 Å². The van der Waals surface area contributed by atoms with Gasteiger partial charge in [0.1, 0.15) is 5.15 Å². The Balaban J connectivity index is 2.00. The molecule has 0 radical (unpaired) electrons. The summed E-state index contributed by atoms with van der Waals surface area (Å²) in [6.07, 6.45) is 3.38. The maximum Gasteiger partial charge on any atom is 0.181 e. The van der Waals surface area contributed by atoms with Crippen LogP contribution in [0.25, 0.3) is 22.8 Å². The van der Waals surface area contributed by atoms with Gasteiger partial charge in [-0.2, -0.15) is 5.10 Å². The molecular weight excluding hydrogens is 262 g/mol. The van der Waals surface area contributed by atoms with Gasteiger partial charge in [0.2, 0.25) is 0 Å². The summed E-state index contributed by atoms with van der Waals surface area (Å²) >= 11 is 5.85. The van der Waals surface area contributed by atoms with Gasteiger partial charge in [0.15, 0.2) is 11.6 Å². The second-order valence-electron chi connectivity index (χ2n) is 4.06. The number of hydrogen-bond acceptors (Lipinski definition) is 4. The molecule has 0 aliphatic heterocycles. The largest absolute Gasteiger partial charge is 0.262 e. The van der Waals surface area contributed by atoms with E-state index in [1.807, 2.05) is 25.1 Å². The summed E-state index contributed by atoms with van der Waals surface area (Å²) < 4.78 is 0. The third-order valence-corrected chi connectivity index (χ3v) is 2.85. The highest BCUT2D eigenvalue weighted by Crippen LogP contribution is 2.21. The number of aromatic nitrogens is 5. The van der Waals surface area contributed by atoms with Crippen LogP contribution in [0, 0.1) is 6.92 Å². The average Bonchev–Trinajstić information content (AvgIpc) is 2.88. The van der Waals surface area contributed by atoms with Gasteiger partial charge >= 0.3 is 0 Å². The van der Waals surface area contributed by atoms with Crippen molar-refractivity contribution in [3.05, 3.63) is 47.5 Å². The molecule has 3 aromatic heterocycles. The molecule has 0 spiro atoms. The molecule has 3 aromatic rings. The lowest BCUT2D eigenvalue weighted by Crippen LogP contribution is -1.85. The number of aromatic amines is 1. The maximum absolute atomic E-state index is 5.85. The highest BCUT2D eigenvalue weighted by atomic mass is 35.5. The van der Waals surface area contributed by atoms with Gasteiger partial charge in [-0.15, -0.1) is 0 Å². The molecule has 0 aromatic carbocycles. The van der Waals surface area contributed by atoms with E-state index in [1.54, 1.807) is 18.5 Å². The van der Waals surface area contributed by atoms with Crippen molar-refractivity contribution >= 4 is 11.6 Å². The Kier molecular flexibility index (Phi) is 2.97. The lowest BCUT2D eigenvalue weighted by atomic mass is 10.2. The van der Waals surface area contributed by atoms with Crippen molar-refractivity contribution in [1.29, 1.82) is 0 Å². The predicted molar refractivity (Wildman–Crippen MR) is 72.6 cm³/mol. The van der Waals surface area contributed by atoms with E-state index in [0.717, 1.165) is 16.8 Å². The van der Waals surface area contributed by atoms with Crippen LogP contribution in [0.4, 0.5) is 0 Å². The van der Waals surface area contributed by atoms with Crippen molar-refractivity contribution in [2.24, 2.45) is 0 Å². The highest BCUT2D eigenvalue weighted by molar-refractivity contribution is 6.29. The molecule has 0 saturated heterocycles. The molecule has 19 heavy (non-hydrogen) atoms. The molecule has 0 atom stereocenters. The molecule has 0 saturated carbocycles. The Bertz CT molecular complexity index is 662. The molecule has 3 heterocycles. The van der Waals surface area contributed by atoms with Crippen LogP contribution >= 0.6 is 11.6 Å². The smallest absolute Gasteiger partial charge is 0.181 e. The first kappa shape index (κ1) is 11.8. The van der Waals surface area contributed by atoms with Crippen LogP contribution in [0.1, 0.15) is 5.69 Å². The van der Waals surface area contributed by atoms with Crippen LogP contribution < -0.4 is 0 Å². The summed E-state index contributed by atoms with van der Waals surface area (Å²) in [5.74, 6) is 1.29. The SMILES string of the molecule is Cc1cc(-c2nc(-c3ccnc(Cl)c3)n[nH]2)ccn1. The lowest BCUT2D eigenvalue weighted by molar-refractivity contribution is 1.09. The first-order chi connectivity index (χ1) is 9.22. The Labute approximate surface area is 114 Å². The zero-order valence-electron chi connectivity index (χ0n) is 10.1. The Morgan fingerprint density at radius 1 is 1.05 bits per heavy atom. The Hall–Kier alpha value is -2.27. The summed E-state index contributed by atoms with van der Waals surface area (Å²) in [5, 5.41) is 7.53. The number of nitrogens with one attached hydrogen (secondary N) is 1. The number of nitrogens with zero attached hydrogens (tertiary/aromatic N) is 4. The van der Waals surface area contributed by atoms with Crippen LogP contribution in [0.5, 0.6) is 0 Å². The van der Waals surface area contributed by atoms with Crippen LogP contribution in [0.2, 0.25) is 5.15 Å². The van der Waals surface area contributed by atoms with Crippen molar-refractivity contribution in [2.45, 2.75) is 6.92 Å². The topological polar surface area (TPSA) is 67.3 Å². The number of rotatable bonds is 2. The molecular formula is C13H10ClN5. The molecule has 0 fully saturated rings. The van der Waals surface area contributed by atoms with Crippen molar-refractivity contribution < 1.29 is 0 Å². The third-order valence-electron chi connectivity index (χ3n) is 2.64. The van der Waals surface area contributed by atoms with Gasteiger partial charge in [0.05, 0.1) is 0 Å². The zero-order chi connectivity index (χ0) is 13.2. The molecule has 6 heteroatoms. The molecule has 3 rings (SSSR count). The fraction of sp³-hybridized carbons (Fsp3) is 0.0769. The quantitative estimate of drug-likeness (QED) is 0.728. The summed E-state index contributed by atoms with van der Waals surface area (Å²) in [5.41, 5.74) is 2.71. The average molecular weight is 272 g/mol. The van der Waals surface area contributed by atoms with Gasteiger partial charge in [-0.3, -0.25) is 10.1 Å². The van der Waals surface area contributed by atoms with Gasteiger partial charge < -0.3 is 0 Å². The predicted octanol–water partition coefficient (Wildman–Crippen LogP) is 2.89. The highest BCUT2D eigenvalue weighted by Gasteiger charge is 2.08. The second kappa shape index (κ2) is 4.78. The molecule has 0 aliphatic carbocycles. The normalized spacial score (nSPS) is 10.6. The van der Waals surface area contributed by atoms with Crippen molar-refractivity contribution in [1.82, 2.24) is 25.1 Å². The van der Waals surface area contributed by atoms with Gasteiger partial charge in [-0.1, -0.05) is 11.6 Å². The van der Waals surface area contributed by atoms with Crippen LogP contribution in [0.3, 0.4) is 0 Å². The van der Waals surface area contributed by atoms with Crippen LogP contribution in [-0.4, -0.2) is 25.1 Å². The Morgan fingerprint density at radius 2 is 1.84 bits per heavy atom. The second-order valence-corrected chi connectivity index (χ2v) is 4.45. The first-order valence-corrected chi connectivity index (χ1v) is 6.07. The molecule has 0 unspecified atom stereocenters. The zero-order valence-corrected chi connectivity index (χ0v) is 10.9. The molecule has 0 amide bonds. The maximum atomic E-state index is 5.85. The first-order valence-electron chi connectivity index (χ1n) is 5.70. The van der Waals surface area contributed by atoms with Gasteiger partial charge in [0.25, 0.3) is 0 Å². The van der Waals surface area contributed by atoms with E-state index in [4.69, 9.17) is 11.6 Å². The number of H-pyrrole nitrogens is 1. The summed E-state index contributed by atoms with van der Waals surface area (Å²) in [7, 11) is 0. The van der Waals surface area contributed by atoms with Gasteiger partial charge in [-0.05, 0) is 31.2 Å². The van der Waals surface area contributed by atoms with E-state index >= 15 is 0 Å². The van der Waals surface area contributed by atoms with Crippen LogP contribution in [-0.2, 0) is 0 Å². The number of halogens is 1. The number of aryl methyl sites for hydroxylation is 1. The minimum absolute atomic E-state index is 0.420. The summed E-state index contributed by atoms with van der Waals surface area (Å²) in [4.78, 5) is 12.5. The van der Waals surface area contributed by atoms with Crippen molar-refractivity contribution in [2.75, 3.05) is 0 Å². The van der Waals surface area contributed by atoms with E-state index in [1.165, 1.54) is 0 Å². The molecule has 0 bridgehead atoms. The van der Waals surface area contributed by atoms with Crippen molar-refractivity contribution in [3.63, 3.8) is 0 Å². The van der Waals surface area contributed by atoms with E-state index in [2.05, 4.69) is 25.1 Å². The summed E-state index contributed by atoms with van der Waals surface area (Å²) in [6, 6.07) is 7.38. The molecule has 0 aliphatic rings. The Morgan fingerprint density at radius 3 is 2.63 bits per heavy atom. The standard InChI is InChI=1S/C13H10ClN5/c1-8-6-9(2-4-15-8)12-17-13(19-18-12)10-3-5-16-11(14)7-10/h2-7H,1H3,(H,17,18,19). The molecule has 94 valence electrons. The van der Waals surface area contributed by atoms with E-state index < -0.39 is 0 Å². The van der Waals surface area contributed by atoms with E-state index in [-0.39, 0.29) is 0 Å². The summed E-state index contributed by atoms with van der Waals surface area (Å²) in [6.45, 7) is 1.93. The third kappa shape index (κ3) is 2.46.